The summed E-state index contributed by atoms with van der Waals surface area (Å²) in [4.78, 5) is 24.4. The lowest BCUT2D eigenvalue weighted by atomic mass is 10.1. The number of unbranched alkanes of at least 4 members (excludes halogenated alkanes) is 28. The third kappa shape index (κ3) is 41.5. The van der Waals surface area contributed by atoms with Gasteiger partial charge in [-0.3, -0.25) is 9.59 Å². The van der Waals surface area contributed by atoms with Gasteiger partial charge in [0.15, 0.2) is 0 Å². The number of amides is 1. The molecule has 0 saturated heterocycles. The molecule has 0 aliphatic heterocycles. The zero-order valence-corrected chi connectivity index (χ0v) is 36.4. The van der Waals surface area contributed by atoms with E-state index in [4.69, 9.17) is 4.74 Å². The fourth-order valence-electron chi connectivity index (χ4n) is 6.91. The molecular formula is C49H91NO5. The zero-order valence-electron chi connectivity index (χ0n) is 36.4. The van der Waals surface area contributed by atoms with Crippen LogP contribution in [0.15, 0.2) is 36.5 Å². The van der Waals surface area contributed by atoms with Gasteiger partial charge >= 0.3 is 5.97 Å². The van der Waals surface area contributed by atoms with Crippen molar-refractivity contribution in [2.75, 3.05) is 13.2 Å². The van der Waals surface area contributed by atoms with Crippen LogP contribution in [0, 0.1) is 0 Å². The van der Waals surface area contributed by atoms with Crippen molar-refractivity contribution in [3.05, 3.63) is 36.5 Å². The number of hydrogen-bond acceptors (Lipinski definition) is 5. The molecule has 0 aromatic carbocycles. The summed E-state index contributed by atoms with van der Waals surface area (Å²) < 4.78 is 5.43. The highest BCUT2D eigenvalue weighted by atomic mass is 16.5. The molecule has 2 unspecified atom stereocenters. The van der Waals surface area contributed by atoms with E-state index in [0.29, 0.717) is 19.4 Å². The van der Waals surface area contributed by atoms with Crippen LogP contribution in [0.5, 0.6) is 0 Å². The minimum Gasteiger partial charge on any atom is -0.466 e. The van der Waals surface area contributed by atoms with Gasteiger partial charge in [-0.2, -0.15) is 0 Å². The van der Waals surface area contributed by atoms with E-state index in [-0.39, 0.29) is 18.5 Å². The summed E-state index contributed by atoms with van der Waals surface area (Å²) in [5.41, 5.74) is 0. The molecule has 0 spiro atoms. The largest absolute Gasteiger partial charge is 0.466 e. The number of rotatable bonds is 43. The lowest BCUT2D eigenvalue weighted by molar-refractivity contribution is -0.143. The van der Waals surface area contributed by atoms with Crippen LogP contribution in [0.4, 0.5) is 0 Å². The third-order valence-electron chi connectivity index (χ3n) is 10.6. The number of carbonyl (C=O) groups excluding carboxylic acids is 2. The molecule has 2 atom stereocenters. The molecule has 55 heavy (non-hydrogen) atoms. The number of nitrogens with one attached hydrogen (secondary N) is 1. The molecule has 6 nitrogen and oxygen atoms in total. The van der Waals surface area contributed by atoms with Crippen LogP contribution >= 0.6 is 0 Å². The second-order valence-electron chi connectivity index (χ2n) is 16.1. The van der Waals surface area contributed by atoms with Crippen molar-refractivity contribution in [1.29, 1.82) is 0 Å². The van der Waals surface area contributed by atoms with Crippen molar-refractivity contribution >= 4 is 11.9 Å². The zero-order chi connectivity index (χ0) is 40.1. The Morgan fingerprint density at radius 1 is 0.491 bits per heavy atom. The molecule has 0 aromatic heterocycles. The number of aliphatic hydroxyl groups excluding tert-OH is 2. The maximum absolute atomic E-state index is 12.4. The third-order valence-corrected chi connectivity index (χ3v) is 10.6. The smallest absolute Gasteiger partial charge is 0.305 e. The van der Waals surface area contributed by atoms with Crippen molar-refractivity contribution in [3.63, 3.8) is 0 Å². The van der Waals surface area contributed by atoms with Gasteiger partial charge in [0, 0.05) is 12.8 Å². The Balaban J connectivity index is 3.55. The Labute approximate surface area is 341 Å². The first-order chi connectivity index (χ1) is 27.0. The normalized spacial score (nSPS) is 13.0. The van der Waals surface area contributed by atoms with E-state index in [9.17, 15) is 19.8 Å². The minimum absolute atomic E-state index is 0.0244. The molecule has 0 aliphatic carbocycles. The van der Waals surface area contributed by atoms with Gasteiger partial charge in [0.2, 0.25) is 5.91 Å². The first-order valence-corrected chi connectivity index (χ1v) is 23.8. The molecule has 0 fully saturated rings. The van der Waals surface area contributed by atoms with Crippen molar-refractivity contribution in [1.82, 2.24) is 5.32 Å². The van der Waals surface area contributed by atoms with Crippen LogP contribution in [-0.4, -0.2) is 47.4 Å². The highest BCUT2D eigenvalue weighted by Crippen LogP contribution is 2.14. The summed E-state index contributed by atoms with van der Waals surface area (Å²) in [7, 11) is 0. The SMILES string of the molecule is CCCCCC/C=C\CCCCCCCC(=O)OCCCCCCCC/C=C\CCCCCC(=O)NC(CO)C(O)/C=C/CCCCCCCCCCCC. The second-order valence-corrected chi connectivity index (χ2v) is 16.1. The monoisotopic (exact) mass is 774 g/mol. The quantitative estimate of drug-likeness (QED) is 0.0326. The van der Waals surface area contributed by atoms with Crippen LogP contribution < -0.4 is 5.32 Å². The van der Waals surface area contributed by atoms with Gasteiger partial charge < -0.3 is 20.3 Å². The molecule has 1 amide bonds. The number of carbonyl (C=O) groups is 2. The van der Waals surface area contributed by atoms with Crippen molar-refractivity contribution in [3.8, 4) is 0 Å². The summed E-state index contributed by atoms with van der Waals surface area (Å²) in [5.74, 6) is -0.125. The molecule has 0 aromatic rings. The Kier molecular flexibility index (Phi) is 43.2. The summed E-state index contributed by atoms with van der Waals surface area (Å²) in [6.45, 7) is 4.81. The van der Waals surface area contributed by atoms with Crippen LogP contribution in [0.3, 0.4) is 0 Å². The van der Waals surface area contributed by atoms with Crippen molar-refractivity contribution in [2.45, 2.75) is 251 Å². The molecular weight excluding hydrogens is 683 g/mol. The van der Waals surface area contributed by atoms with E-state index < -0.39 is 12.1 Å². The average molecular weight is 774 g/mol. The van der Waals surface area contributed by atoms with Gasteiger partial charge in [-0.15, -0.1) is 0 Å². The maximum Gasteiger partial charge on any atom is 0.305 e. The lowest BCUT2D eigenvalue weighted by Gasteiger charge is -2.19. The molecule has 0 rings (SSSR count). The van der Waals surface area contributed by atoms with E-state index in [1.807, 2.05) is 6.08 Å². The first kappa shape index (κ1) is 53.1. The molecule has 0 aliphatic rings. The van der Waals surface area contributed by atoms with Crippen molar-refractivity contribution < 1.29 is 24.5 Å². The molecule has 322 valence electrons. The fourth-order valence-corrected chi connectivity index (χ4v) is 6.91. The molecule has 0 radical (unpaired) electrons. The first-order valence-electron chi connectivity index (χ1n) is 23.8. The van der Waals surface area contributed by atoms with Crippen LogP contribution in [0.25, 0.3) is 0 Å². The number of hydrogen-bond donors (Lipinski definition) is 3. The van der Waals surface area contributed by atoms with Gasteiger partial charge in [-0.05, 0) is 83.5 Å². The molecule has 0 bridgehead atoms. The van der Waals surface area contributed by atoms with Gasteiger partial charge in [-0.25, -0.2) is 0 Å². The number of ether oxygens (including phenoxy) is 1. The number of esters is 1. The highest BCUT2D eigenvalue weighted by molar-refractivity contribution is 5.76. The van der Waals surface area contributed by atoms with E-state index in [1.165, 1.54) is 141 Å². The number of allylic oxidation sites excluding steroid dienone is 5. The Hall–Kier alpha value is -1.92. The van der Waals surface area contributed by atoms with Gasteiger partial charge in [0.25, 0.3) is 0 Å². The van der Waals surface area contributed by atoms with Gasteiger partial charge in [-0.1, -0.05) is 179 Å². The standard InChI is InChI=1S/C49H91NO5/c1-3-5-7-9-11-13-15-18-23-27-31-35-39-43-49(54)55-44-40-36-32-28-24-20-17-19-22-26-30-34-38-42-48(53)50-46(45-51)47(52)41-37-33-29-25-21-16-14-12-10-8-6-4-2/h13,15,19,22,37,41,46-47,51-52H,3-12,14,16-18,20-21,23-36,38-40,42-45H2,1-2H3,(H,50,53)/b15-13-,22-19-,41-37+. The lowest BCUT2D eigenvalue weighted by Crippen LogP contribution is -2.45. The molecule has 3 N–H and O–H groups in total. The second kappa shape index (κ2) is 44.8. The minimum atomic E-state index is -0.860. The Morgan fingerprint density at radius 3 is 1.33 bits per heavy atom. The molecule has 6 heteroatoms. The van der Waals surface area contributed by atoms with Crippen LogP contribution in [0.2, 0.25) is 0 Å². The molecule has 0 saturated carbocycles. The maximum atomic E-state index is 12.4. The topological polar surface area (TPSA) is 95.9 Å². The highest BCUT2D eigenvalue weighted by Gasteiger charge is 2.18. The molecule has 0 heterocycles. The van der Waals surface area contributed by atoms with Gasteiger partial charge in [0.05, 0.1) is 25.4 Å². The van der Waals surface area contributed by atoms with Crippen LogP contribution in [-0.2, 0) is 14.3 Å². The van der Waals surface area contributed by atoms with E-state index in [1.54, 1.807) is 6.08 Å². The van der Waals surface area contributed by atoms with E-state index in [0.717, 1.165) is 70.6 Å². The predicted octanol–water partition coefficient (Wildman–Crippen LogP) is 13.7. The fraction of sp³-hybridized carbons (Fsp3) is 0.837. The average Bonchev–Trinajstić information content (AvgIpc) is 3.18. The van der Waals surface area contributed by atoms with Crippen molar-refractivity contribution in [2.24, 2.45) is 0 Å². The summed E-state index contributed by atoms with van der Waals surface area (Å²) in [6, 6.07) is -0.647. The van der Waals surface area contributed by atoms with E-state index >= 15 is 0 Å². The summed E-state index contributed by atoms with van der Waals surface area (Å²) >= 11 is 0. The van der Waals surface area contributed by atoms with Gasteiger partial charge in [0.1, 0.15) is 0 Å². The Morgan fingerprint density at radius 2 is 0.855 bits per heavy atom. The summed E-state index contributed by atoms with van der Waals surface area (Å²) in [5, 5.41) is 22.9. The number of aliphatic hydroxyl groups is 2. The predicted molar refractivity (Wildman–Crippen MR) is 236 cm³/mol. The summed E-state index contributed by atoms with van der Waals surface area (Å²) in [6.07, 6.45) is 52.7. The Bertz CT molecular complexity index is 900. The van der Waals surface area contributed by atoms with E-state index in [2.05, 4.69) is 43.5 Å². The van der Waals surface area contributed by atoms with Crippen LogP contribution in [0.1, 0.15) is 239 Å².